The Morgan fingerprint density at radius 3 is 2.32 bits per heavy atom. The van der Waals surface area contributed by atoms with Crippen molar-refractivity contribution in [2.24, 2.45) is 0 Å². The van der Waals surface area contributed by atoms with Gasteiger partial charge in [0.05, 0.1) is 6.04 Å². The molecule has 0 fully saturated rings. The van der Waals surface area contributed by atoms with Crippen molar-refractivity contribution < 1.29 is 0 Å². The average Bonchev–Trinajstić information content (AvgIpc) is 2.73. The van der Waals surface area contributed by atoms with Gasteiger partial charge in [0.15, 0.2) is 0 Å². The van der Waals surface area contributed by atoms with E-state index < -0.39 is 0 Å². The van der Waals surface area contributed by atoms with Crippen molar-refractivity contribution in [3.63, 3.8) is 0 Å². The molecule has 19 heavy (non-hydrogen) atoms. The number of nitrogens with one attached hydrogen (secondary N) is 1. The second kappa shape index (κ2) is 6.21. The quantitative estimate of drug-likeness (QED) is 0.814. The molecule has 0 amide bonds. The molecule has 0 aliphatic carbocycles. The van der Waals surface area contributed by atoms with Crippen LogP contribution in [0.25, 0.3) is 0 Å². The van der Waals surface area contributed by atoms with Gasteiger partial charge in [-0.2, -0.15) is 0 Å². The molecule has 2 aromatic rings. The van der Waals surface area contributed by atoms with E-state index in [2.05, 4.69) is 72.5 Å². The SMILES string of the molecule is CCNC(c1sccc1Br)c1c(C)cc(C)cc1C. The zero-order valence-electron chi connectivity index (χ0n) is 11.9. The summed E-state index contributed by atoms with van der Waals surface area (Å²) in [5.41, 5.74) is 5.47. The Kier molecular flexibility index (Phi) is 4.82. The van der Waals surface area contributed by atoms with Crippen LogP contribution in [-0.4, -0.2) is 6.54 Å². The van der Waals surface area contributed by atoms with Crippen LogP contribution < -0.4 is 5.32 Å². The molecule has 1 unspecified atom stereocenters. The second-order valence-corrected chi connectivity index (χ2v) is 6.74. The van der Waals surface area contributed by atoms with Crippen LogP contribution in [0.1, 0.15) is 40.1 Å². The van der Waals surface area contributed by atoms with Crippen molar-refractivity contribution in [2.75, 3.05) is 6.54 Å². The molecule has 3 heteroatoms. The monoisotopic (exact) mass is 337 g/mol. The zero-order valence-corrected chi connectivity index (χ0v) is 14.3. The summed E-state index contributed by atoms with van der Waals surface area (Å²) in [7, 11) is 0. The van der Waals surface area contributed by atoms with Gasteiger partial charge in [0.2, 0.25) is 0 Å². The summed E-state index contributed by atoms with van der Waals surface area (Å²) in [4.78, 5) is 1.36. The van der Waals surface area contributed by atoms with Crippen molar-refractivity contribution in [3.8, 4) is 0 Å². The molecule has 0 aliphatic heterocycles. The summed E-state index contributed by atoms with van der Waals surface area (Å²) in [6.45, 7) is 9.70. The molecule has 0 spiro atoms. The Labute approximate surface area is 128 Å². The van der Waals surface area contributed by atoms with Crippen molar-refractivity contribution in [1.29, 1.82) is 0 Å². The van der Waals surface area contributed by atoms with E-state index in [4.69, 9.17) is 0 Å². The number of thiophene rings is 1. The second-order valence-electron chi connectivity index (χ2n) is 4.94. The number of rotatable bonds is 4. The standard InChI is InChI=1S/C16H20BrNS/c1-5-18-15(16-13(17)6-7-19-16)14-11(3)8-10(2)9-12(14)4/h6-9,15,18H,5H2,1-4H3. The highest BCUT2D eigenvalue weighted by molar-refractivity contribution is 9.10. The van der Waals surface area contributed by atoms with Gasteiger partial charge in [-0.05, 0) is 71.4 Å². The summed E-state index contributed by atoms with van der Waals surface area (Å²) >= 11 is 5.47. The average molecular weight is 338 g/mol. The molecule has 0 bridgehead atoms. The van der Waals surface area contributed by atoms with Crippen LogP contribution in [0.3, 0.4) is 0 Å². The smallest absolute Gasteiger partial charge is 0.0687 e. The predicted octanol–water partition coefficient (Wildman–Crippen LogP) is 5.13. The first-order valence-electron chi connectivity index (χ1n) is 6.58. The van der Waals surface area contributed by atoms with Crippen molar-refractivity contribution in [2.45, 2.75) is 33.7 Å². The lowest BCUT2D eigenvalue weighted by Crippen LogP contribution is -2.23. The molecule has 0 radical (unpaired) electrons. The molecule has 2 rings (SSSR count). The number of benzene rings is 1. The topological polar surface area (TPSA) is 12.0 Å². The van der Waals surface area contributed by atoms with E-state index >= 15 is 0 Å². The number of hydrogen-bond donors (Lipinski definition) is 1. The molecule has 1 N–H and O–H groups in total. The first-order valence-corrected chi connectivity index (χ1v) is 8.25. The van der Waals surface area contributed by atoms with Gasteiger partial charge in [0, 0.05) is 9.35 Å². The van der Waals surface area contributed by atoms with Crippen LogP contribution >= 0.6 is 27.3 Å². The summed E-state index contributed by atoms with van der Waals surface area (Å²) in [6, 6.07) is 6.95. The maximum Gasteiger partial charge on any atom is 0.0687 e. The molecular weight excluding hydrogens is 318 g/mol. The van der Waals surface area contributed by atoms with Gasteiger partial charge in [0.1, 0.15) is 0 Å². The molecule has 1 atom stereocenters. The van der Waals surface area contributed by atoms with Gasteiger partial charge < -0.3 is 5.32 Å². The van der Waals surface area contributed by atoms with Crippen molar-refractivity contribution in [3.05, 3.63) is 55.2 Å². The third-order valence-corrected chi connectivity index (χ3v) is 5.28. The highest BCUT2D eigenvalue weighted by Gasteiger charge is 2.20. The minimum atomic E-state index is 0.278. The normalized spacial score (nSPS) is 12.7. The van der Waals surface area contributed by atoms with Gasteiger partial charge >= 0.3 is 0 Å². The van der Waals surface area contributed by atoms with E-state index in [0.29, 0.717) is 0 Å². The molecule has 102 valence electrons. The largest absolute Gasteiger partial charge is 0.306 e. The molecule has 0 saturated heterocycles. The Bertz CT molecular complexity index is 551. The summed E-state index contributed by atoms with van der Waals surface area (Å²) in [6.07, 6.45) is 0. The lowest BCUT2D eigenvalue weighted by Gasteiger charge is -2.22. The fraction of sp³-hybridized carbons (Fsp3) is 0.375. The highest BCUT2D eigenvalue weighted by Crippen LogP contribution is 2.36. The van der Waals surface area contributed by atoms with Crippen molar-refractivity contribution in [1.82, 2.24) is 5.32 Å². The van der Waals surface area contributed by atoms with Gasteiger partial charge in [-0.25, -0.2) is 0 Å². The third-order valence-electron chi connectivity index (χ3n) is 3.34. The molecule has 0 aliphatic rings. The zero-order chi connectivity index (χ0) is 14.0. The summed E-state index contributed by atoms with van der Waals surface area (Å²) in [5, 5.41) is 5.77. The molecule has 1 aromatic heterocycles. The van der Waals surface area contributed by atoms with Crippen LogP contribution in [-0.2, 0) is 0 Å². The van der Waals surface area contributed by atoms with E-state index in [-0.39, 0.29) is 6.04 Å². The van der Waals surface area contributed by atoms with Crippen LogP contribution in [0, 0.1) is 20.8 Å². The number of halogens is 1. The van der Waals surface area contributed by atoms with E-state index in [9.17, 15) is 0 Å². The summed E-state index contributed by atoms with van der Waals surface area (Å²) < 4.78 is 1.20. The van der Waals surface area contributed by atoms with E-state index in [1.165, 1.54) is 31.6 Å². The van der Waals surface area contributed by atoms with Crippen molar-refractivity contribution >= 4 is 27.3 Å². The Morgan fingerprint density at radius 1 is 1.21 bits per heavy atom. The maximum absolute atomic E-state index is 3.67. The minimum Gasteiger partial charge on any atom is -0.306 e. The Balaban J connectivity index is 2.54. The number of aryl methyl sites for hydroxylation is 3. The number of hydrogen-bond acceptors (Lipinski definition) is 2. The third kappa shape index (κ3) is 3.10. The van der Waals surface area contributed by atoms with Gasteiger partial charge in [-0.15, -0.1) is 11.3 Å². The van der Waals surface area contributed by atoms with E-state index in [1.807, 2.05) is 0 Å². The first-order chi connectivity index (χ1) is 9.04. The molecule has 1 nitrogen and oxygen atoms in total. The lowest BCUT2D eigenvalue weighted by molar-refractivity contribution is 0.631. The van der Waals surface area contributed by atoms with Crippen LogP contribution in [0.15, 0.2) is 28.1 Å². The van der Waals surface area contributed by atoms with Gasteiger partial charge in [-0.3, -0.25) is 0 Å². The van der Waals surface area contributed by atoms with E-state index in [1.54, 1.807) is 11.3 Å². The Morgan fingerprint density at radius 2 is 1.84 bits per heavy atom. The van der Waals surface area contributed by atoms with E-state index in [0.717, 1.165) is 6.54 Å². The van der Waals surface area contributed by atoms with Gasteiger partial charge in [0.25, 0.3) is 0 Å². The maximum atomic E-state index is 3.67. The molecular formula is C16H20BrNS. The molecule has 1 heterocycles. The highest BCUT2D eigenvalue weighted by atomic mass is 79.9. The molecule has 0 saturated carbocycles. The lowest BCUT2D eigenvalue weighted by atomic mass is 9.93. The predicted molar refractivity (Wildman–Crippen MR) is 88.2 cm³/mol. The fourth-order valence-electron chi connectivity index (χ4n) is 2.69. The molecule has 1 aromatic carbocycles. The Hall–Kier alpha value is -0.640. The fourth-order valence-corrected chi connectivity index (χ4v) is 4.37. The van der Waals surface area contributed by atoms with Crippen LogP contribution in [0.4, 0.5) is 0 Å². The van der Waals surface area contributed by atoms with Crippen LogP contribution in [0.5, 0.6) is 0 Å². The van der Waals surface area contributed by atoms with Gasteiger partial charge in [-0.1, -0.05) is 24.6 Å². The first kappa shape index (κ1) is 14.8. The minimum absolute atomic E-state index is 0.278. The summed E-state index contributed by atoms with van der Waals surface area (Å²) in [5.74, 6) is 0. The van der Waals surface area contributed by atoms with Crippen LogP contribution in [0.2, 0.25) is 0 Å².